The molecule has 0 saturated carbocycles. The molecule has 1 aliphatic rings. The van der Waals surface area contributed by atoms with E-state index < -0.39 is 0 Å². The summed E-state index contributed by atoms with van der Waals surface area (Å²) in [4.78, 5) is 14.4. The van der Waals surface area contributed by atoms with E-state index >= 15 is 0 Å². The van der Waals surface area contributed by atoms with Gasteiger partial charge in [-0.3, -0.25) is 4.79 Å². The van der Waals surface area contributed by atoms with Crippen LogP contribution in [0, 0.1) is 0 Å². The number of likely N-dealkylation sites (tertiary alicyclic amines) is 1. The molecule has 6 heteroatoms. The number of carbonyl (C=O) groups excluding carboxylic acids is 1. The van der Waals surface area contributed by atoms with Gasteiger partial charge in [-0.15, -0.1) is 16.9 Å². The monoisotopic (exact) mass is 378 g/mol. The van der Waals surface area contributed by atoms with E-state index in [0.29, 0.717) is 12.3 Å². The fourth-order valence-corrected chi connectivity index (χ4v) is 4.19. The van der Waals surface area contributed by atoms with Gasteiger partial charge in [0.15, 0.2) is 0 Å². The van der Waals surface area contributed by atoms with Crippen molar-refractivity contribution < 1.29 is 4.79 Å². The average molecular weight is 379 g/mol. The molecule has 3 aromatic rings. The molecule has 0 bridgehead atoms. The van der Waals surface area contributed by atoms with Gasteiger partial charge in [0.2, 0.25) is 5.91 Å². The summed E-state index contributed by atoms with van der Waals surface area (Å²) in [7, 11) is 0. The topological polar surface area (TPSA) is 51.0 Å². The van der Waals surface area contributed by atoms with Crippen LogP contribution in [0.1, 0.15) is 18.0 Å². The van der Waals surface area contributed by atoms with E-state index in [0.717, 1.165) is 30.0 Å². The van der Waals surface area contributed by atoms with Crippen molar-refractivity contribution in [1.29, 1.82) is 0 Å². The zero-order valence-corrected chi connectivity index (χ0v) is 15.9. The smallest absolute Gasteiger partial charge is 0.232 e. The zero-order chi connectivity index (χ0) is 18.5. The van der Waals surface area contributed by atoms with E-state index in [-0.39, 0.29) is 11.9 Å². The zero-order valence-electron chi connectivity index (χ0n) is 15.1. The van der Waals surface area contributed by atoms with Crippen LogP contribution in [0.2, 0.25) is 0 Å². The predicted octanol–water partition coefficient (Wildman–Crippen LogP) is 3.65. The molecule has 4 rings (SSSR count). The number of rotatable bonds is 6. The minimum Gasteiger partial charge on any atom is -0.340 e. The molecule has 1 amide bonds. The summed E-state index contributed by atoms with van der Waals surface area (Å²) in [6.45, 7) is 1.50. The number of thioether (sulfide) groups is 1. The highest BCUT2D eigenvalue weighted by Gasteiger charge is 2.28. The predicted molar refractivity (Wildman–Crippen MR) is 108 cm³/mol. The number of hydrogen-bond donors (Lipinski definition) is 0. The van der Waals surface area contributed by atoms with E-state index in [4.69, 9.17) is 0 Å². The Labute approximate surface area is 163 Å². The molecule has 27 heavy (non-hydrogen) atoms. The molecule has 2 aromatic carbocycles. The summed E-state index contributed by atoms with van der Waals surface area (Å²) in [5.74, 6) is 1.60. The van der Waals surface area contributed by atoms with Gasteiger partial charge in [-0.05, 0) is 12.0 Å². The number of amides is 1. The van der Waals surface area contributed by atoms with Crippen LogP contribution in [0.25, 0.3) is 11.3 Å². The molecule has 2 heterocycles. The molecule has 1 atom stereocenters. The van der Waals surface area contributed by atoms with Gasteiger partial charge >= 0.3 is 0 Å². The van der Waals surface area contributed by atoms with E-state index in [9.17, 15) is 4.79 Å². The average Bonchev–Trinajstić information content (AvgIpc) is 3.39. The summed E-state index contributed by atoms with van der Waals surface area (Å²) in [5.41, 5.74) is 3.19. The second-order valence-electron chi connectivity index (χ2n) is 6.71. The Hall–Kier alpha value is -2.60. The molecule has 1 aromatic heterocycles. The summed E-state index contributed by atoms with van der Waals surface area (Å²) in [5, 5.41) is 8.58. The molecule has 5 nitrogen and oxygen atoms in total. The van der Waals surface area contributed by atoms with Gasteiger partial charge < -0.3 is 4.90 Å². The first-order valence-corrected chi connectivity index (χ1v) is 10.3. The molecule has 1 saturated heterocycles. The van der Waals surface area contributed by atoms with Crippen molar-refractivity contribution >= 4 is 17.7 Å². The van der Waals surface area contributed by atoms with Crippen molar-refractivity contribution in [3.63, 3.8) is 0 Å². The molecule has 0 radical (unpaired) electrons. The number of aromatic nitrogens is 3. The van der Waals surface area contributed by atoms with Crippen LogP contribution in [0.4, 0.5) is 0 Å². The van der Waals surface area contributed by atoms with Gasteiger partial charge in [0.25, 0.3) is 0 Å². The van der Waals surface area contributed by atoms with Crippen molar-refractivity contribution in [2.24, 2.45) is 0 Å². The van der Waals surface area contributed by atoms with Crippen LogP contribution in [-0.2, 0) is 10.5 Å². The van der Waals surface area contributed by atoms with Crippen LogP contribution >= 0.6 is 11.8 Å². The third kappa shape index (κ3) is 4.39. The summed E-state index contributed by atoms with van der Waals surface area (Å²) in [6, 6.07) is 20.5. The maximum atomic E-state index is 12.5. The Kier molecular flexibility index (Phi) is 5.53. The molecule has 0 N–H and O–H groups in total. The van der Waals surface area contributed by atoms with Crippen molar-refractivity contribution in [3.8, 4) is 11.3 Å². The number of nitrogens with zero attached hydrogens (tertiary/aromatic N) is 4. The van der Waals surface area contributed by atoms with Gasteiger partial charge in [-0.25, -0.2) is 4.68 Å². The number of benzene rings is 2. The lowest BCUT2D eigenvalue weighted by Gasteiger charge is -2.16. The minimum atomic E-state index is 0.207. The van der Waals surface area contributed by atoms with Crippen LogP contribution in [0.3, 0.4) is 0 Å². The highest BCUT2D eigenvalue weighted by atomic mass is 32.2. The molecular formula is C21H22N4OS. The SMILES string of the molecule is O=C(CSCc1ccccc1)N1CC[C@H](n2cc(-c3ccccc3)nn2)C1. The Morgan fingerprint density at radius 1 is 1.07 bits per heavy atom. The lowest BCUT2D eigenvalue weighted by molar-refractivity contribution is -0.127. The third-order valence-electron chi connectivity index (χ3n) is 4.81. The Morgan fingerprint density at radius 3 is 2.59 bits per heavy atom. The van der Waals surface area contributed by atoms with Crippen LogP contribution in [-0.4, -0.2) is 44.6 Å². The molecule has 0 spiro atoms. The summed E-state index contributed by atoms with van der Waals surface area (Å²) < 4.78 is 1.91. The first-order valence-electron chi connectivity index (χ1n) is 9.16. The second kappa shape index (κ2) is 8.39. The summed E-state index contributed by atoms with van der Waals surface area (Å²) >= 11 is 1.67. The Bertz CT molecular complexity index is 881. The fourth-order valence-electron chi connectivity index (χ4n) is 3.30. The van der Waals surface area contributed by atoms with E-state index in [1.54, 1.807) is 11.8 Å². The minimum absolute atomic E-state index is 0.207. The van der Waals surface area contributed by atoms with Crippen LogP contribution < -0.4 is 0 Å². The standard InChI is InChI=1S/C21H22N4OS/c26-21(16-27-15-17-7-3-1-4-8-17)24-12-11-19(13-24)25-14-20(22-23-25)18-9-5-2-6-10-18/h1-10,14,19H,11-13,15-16H2/t19-/m0/s1. The maximum Gasteiger partial charge on any atom is 0.232 e. The highest BCUT2D eigenvalue weighted by Crippen LogP contribution is 2.24. The van der Waals surface area contributed by atoms with E-state index in [1.807, 2.05) is 64.3 Å². The lowest BCUT2D eigenvalue weighted by atomic mass is 10.2. The van der Waals surface area contributed by atoms with Crippen molar-refractivity contribution in [2.45, 2.75) is 18.2 Å². The van der Waals surface area contributed by atoms with Crippen molar-refractivity contribution in [3.05, 3.63) is 72.4 Å². The molecule has 0 unspecified atom stereocenters. The Morgan fingerprint density at radius 2 is 1.81 bits per heavy atom. The third-order valence-corrected chi connectivity index (χ3v) is 5.80. The quantitative estimate of drug-likeness (QED) is 0.657. The number of hydrogen-bond acceptors (Lipinski definition) is 4. The van der Waals surface area contributed by atoms with E-state index in [1.165, 1.54) is 5.56 Å². The van der Waals surface area contributed by atoms with Gasteiger partial charge in [-0.1, -0.05) is 65.9 Å². The fraction of sp³-hybridized carbons (Fsp3) is 0.286. The lowest BCUT2D eigenvalue weighted by Crippen LogP contribution is -2.30. The largest absolute Gasteiger partial charge is 0.340 e. The van der Waals surface area contributed by atoms with Crippen LogP contribution in [0.5, 0.6) is 0 Å². The first kappa shape index (κ1) is 17.8. The first-order chi connectivity index (χ1) is 13.3. The number of carbonyl (C=O) groups is 1. The maximum absolute atomic E-state index is 12.5. The van der Waals surface area contributed by atoms with Gasteiger partial charge in [0.1, 0.15) is 5.69 Å². The molecule has 1 aliphatic heterocycles. The normalized spacial score (nSPS) is 16.6. The molecular weight excluding hydrogens is 356 g/mol. The van der Waals surface area contributed by atoms with Gasteiger partial charge in [0, 0.05) is 24.4 Å². The van der Waals surface area contributed by atoms with Gasteiger partial charge in [0.05, 0.1) is 18.0 Å². The van der Waals surface area contributed by atoms with Crippen LogP contribution in [0.15, 0.2) is 66.9 Å². The van der Waals surface area contributed by atoms with E-state index in [2.05, 4.69) is 22.4 Å². The van der Waals surface area contributed by atoms with Crippen molar-refractivity contribution in [2.75, 3.05) is 18.8 Å². The van der Waals surface area contributed by atoms with Gasteiger partial charge in [-0.2, -0.15) is 0 Å². The van der Waals surface area contributed by atoms with Crippen molar-refractivity contribution in [1.82, 2.24) is 19.9 Å². The summed E-state index contributed by atoms with van der Waals surface area (Å²) in [6.07, 6.45) is 2.91. The second-order valence-corrected chi connectivity index (χ2v) is 7.70. The molecule has 1 fully saturated rings. The Balaban J connectivity index is 1.29. The molecule has 0 aliphatic carbocycles. The highest BCUT2D eigenvalue weighted by molar-refractivity contribution is 7.99. The molecule has 138 valence electrons.